The number of sulfonamides is 1. The standard InChI is InChI=1S/C37H44N4O6SSi/c1-23(2)49(24(3)4,25(5)6)47-33-32(42)40-34-36(22-37(40,44)35(43)39(33)7,29-21-38-30-19-13-11-17-27(29)30)28-18-12-14-20-31(28)41(34)48(45,46)26-15-9-8-10-16-26/h8-21,23-25,33-34,38,44H,22H2,1-7H3. The number of nitrogens with zero attached hydrogens (tertiary/aromatic N) is 3. The van der Waals surface area contributed by atoms with Gasteiger partial charge in [-0.1, -0.05) is 96.1 Å². The highest BCUT2D eigenvalue weighted by molar-refractivity contribution is 7.93. The summed E-state index contributed by atoms with van der Waals surface area (Å²) in [5.74, 6) is -1.35. The van der Waals surface area contributed by atoms with Gasteiger partial charge < -0.3 is 19.4 Å². The number of aliphatic hydroxyl groups is 1. The van der Waals surface area contributed by atoms with Gasteiger partial charge in [0.25, 0.3) is 21.8 Å². The first-order chi connectivity index (χ1) is 23.2. The summed E-state index contributed by atoms with van der Waals surface area (Å²) >= 11 is 0. The number of hydrogen-bond acceptors (Lipinski definition) is 6. The second-order valence-corrected chi connectivity index (χ2v) is 21.9. The Morgan fingerprint density at radius 1 is 0.857 bits per heavy atom. The van der Waals surface area contributed by atoms with Gasteiger partial charge in [0.15, 0.2) is 0 Å². The van der Waals surface area contributed by atoms with Crippen molar-refractivity contribution in [1.82, 2.24) is 14.8 Å². The molecule has 0 spiro atoms. The minimum absolute atomic E-state index is 0.0292. The van der Waals surface area contributed by atoms with Crippen molar-refractivity contribution in [2.24, 2.45) is 0 Å². The zero-order valence-electron chi connectivity index (χ0n) is 28.9. The third-order valence-corrected chi connectivity index (χ3v) is 19.1. The molecule has 4 unspecified atom stereocenters. The first-order valence-electron chi connectivity index (χ1n) is 16.9. The Bertz CT molecular complexity index is 2050. The van der Waals surface area contributed by atoms with Crippen molar-refractivity contribution >= 4 is 46.7 Å². The first-order valence-corrected chi connectivity index (χ1v) is 20.5. The Hall–Kier alpha value is -3.97. The number of carbonyl (C=O) groups is 2. The van der Waals surface area contributed by atoms with E-state index in [1.54, 1.807) is 30.3 Å². The normalized spacial score (nSPS) is 25.6. The van der Waals surface area contributed by atoms with E-state index in [9.17, 15) is 18.3 Å². The molecule has 2 N–H and O–H groups in total. The lowest BCUT2D eigenvalue weighted by Crippen LogP contribution is -2.73. The fraction of sp³-hybridized carbons (Fsp3) is 0.405. The molecule has 7 rings (SSSR count). The van der Waals surface area contributed by atoms with E-state index in [0.29, 0.717) is 16.8 Å². The molecule has 12 heteroatoms. The van der Waals surface area contributed by atoms with Crippen molar-refractivity contribution in [2.45, 2.75) is 93.0 Å². The predicted octanol–water partition coefficient (Wildman–Crippen LogP) is 5.90. The van der Waals surface area contributed by atoms with Gasteiger partial charge in [0.05, 0.1) is 16.0 Å². The second kappa shape index (κ2) is 11.3. The van der Waals surface area contributed by atoms with Crippen LogP contribution in [0.15, 0.2) is 90.0 Å². The van der Waals surface area contributed by atoms with Crippen LogP contribution in [0.2, 0.25) is 16.6 Å². The monoisotopic (exact) mass is 700 g/mol. The minimum Gasteiger partial charge on any atom is -0.389 e. The van der Waals surface area contributed by atoms with Crippen LogP contribution in [0, 0.1) is 0 Å². The molecule has 3 aliphatic heterocycles. The lowest BCUT2D eigenvalue weighted by atomic mass is 9.71. The summed E-state index contributed by atoms with van der Waals surface area (Å²) in [7, 11) is -5.62. The predicted molar refractivity (Wildman–Crippen MR) is 191 cm³/mol. The number of benzene rings is 3. The number of hydrogen-bond donors (Lipinski definition) is 2. The number of para-hydroxylation sites is 2. The quantitative estimate of drug-likeness (QED) is 0.221. The minimum atomic E-state index is -4.35. The van der Waals surface area contributed by atoms with Gasteiger partial charge in [-0.2, -0.15) is 0 Å². The Morgan fingerprint density at radius 3 is 2.10 bits per heavy atom. The zero-order chi connectivity index (χ0) is 35.3. The molecule has 1 aromatic heterocycles. The van der Waals surface area contributed by atoms with Crippen molar-refractivity contribution in [3.63, 3.8) is 0 Å². The molecule has 258 valence electrons. The van der Waals surface area contributed by atoms with Crippen molar-refractivity contribution in [3.05, 3.63) is 96.2 Å². The number of amides is 2. The molecule has 10 nitrogen and oxygen atoms in total. The molecule has 0 aliphatic carbocycles. The van der Waals surface area contributed by atoms with E-state index in [4.69, 9.17) is 4.43 Å². The van der Waals surface area contributed by atoms with Gasteiger partial charge in [0, 0.05) is 30.6 Å². The Kier molecular flexibility index (Phi) is 7.71. The molecule has 49 heavy (non-hydrogen) atoms. The fourth-order valence-electron chi connectivity index (χ4n) is 9.38. The molecule has 3 aromatic carbocycles. The highest BCUT2D eigenvalue weighted by Gasteiger charge is 2.75. The molecule has 0 bridgehead atoms. The van der Waals surface area contributed by atoms with Crippen molar-refractivity contribution in [3.8, 4) is 0 Å². The summed E-state index contributed by atoms with van der Waals surface area (Å²) in [5, 5.41) is 13.5. The number of fused-ring (bicyclic) bond motifs is 6. The smallest absolute Gasteiger partial charge is 0.278 e. The highest BCUT2D eigenvalue weighted by atomic mass is 32.2. The summed E-state index contributed by atoms with van der Waals surface area (Å²) < 4.78 is 38.1. The van der Waals surface area contributed by atoms with E-state index >= 15 is 4.79 Å². The molecule has 4 heterocycles. The van der Waals surface area contributed by atoms with Crippen molar-refractivity contribution < 1.29 is 27.5 Å². The maximum absolute atomic E-state index is 15.2. The Labute approximate surface area is 288 Å². The van der Waals surface area contributed by atoms with Gasteiger partial charge in [-0.05, 0) is 52.0 Å². The Balaban J connectivity index is 1.52. The zero-order valence-corrected chi connectivity index (χ0v) is 30.7. The Morgan fingerprint density at radius 2 is 1.45 bits per heavy atom. The van der Waals surface area contributed by atoms with Crippen LogP contribution in [-0.4, -0.2) is 73.6 Å². The average molecular weight is 701 g/mol. The van der Waals surface area contributed by atoms with Gasteiger partial charge in [-0.25, -0.2) is 12.7 Å². The summed E-state index contributed by atoms with van der Waals surface area (Å²) in [4.78, 5) is 35.6. The first kappa shape index (κ1) is 33.5. The number of likely N-dealkylation sites (N-methyl/N-ethyl adjacent to an activating group) is 1. The summed E-state index contributed by atoms with van der Waals surface area (Å²) in [6, 6.07) is 22.9. The SMILES string of the molecule is CC(C)[Si](OC1C(=O)N2C3N(S(=O)(=O)c4ccccc4)c4ccccc4C3(c3c[nH]c4ccccc34)CC2(O)C(=O)N1C)(C(C)C)C(C)C. The molecule has 2 amide bonds. The lowest BCUT2D eigenvalue weighted by Gasteiger charge is -2.51. The molecule has 2 fully saturated rings. The number of anilines is 1. The van der Waals surface area contributed by atoms with E-state index in [-0.39, 0.29) is 27.9 Å². The molecule has 3 aliphatic rings. The molecule has 4 atom stereocenters. The van der Waals surface area contributed by atoms with Gasteiger partial charge in [0.2, 0.25) is 20.3 Å². The van der Waals surface area contributed by atoms with E-state index in [2.05, 4.69) is 46.5 Å². The maximum atomic E-state index is 15.2. The number of aromatic nitrogens is 1. The van der Waals surface area contributed by atoms with E-state index in [1.807, 2.05) is 42.6 Å². The van der Waals surface area contributed by atoms with Crippen LogP contribution in [0.25, 0.3) is 10.9 Å². The molecule has 0 saturated carbocycles. The van der Waals surface area contributed by atoms with Crippen LogP contribution in [-0.2, 0) is 29.5 Å². The lowest BCUT2D eigenvalue weighted by molar-refractivity contribution is -0.206. The topological polar surface area (TPSA) is 123 Å². The van der Waals surface area contributed by atoms with Gasteiger partial charge in [-0.3, -0.25) is 14.5 Å². The maximum Gasteiger partial charge on any atom is 0.278 e. The van der Waals surface area contributed by atoms with E-state index in [1.165, 1.54) is 28.4 Å². The van der Waals surface area contributed by atoms with E-state index in [0.717, 1.165) is 15.8 Å². The largest absolute Gasteiger partial charge is 0.389 e. The van der Waals surface area contributed by atoms with Crippen LogP contribution < -0.4 is 4.31 Å². The van der Waals surface area contributed by atoms with Crippen LogP contribution in [0.5, 0.6) is 0 Å². The molecule has 2 saturated heterocycles. The molecule has 4 aromatic rings. The van der Waals surface area contributed by atoms with Crippen LogP contribution in [0.1, 0.15) is 59.1 Å². The van der Waals surface area contributed by atoms with Crippen molar-refractivity contribution in [1.29, 1.82) is 0 Å². The van der Waals surface area contributed by atoms with E-state index < -0.39 is 53.7 Å². The summed E-state index contributed by atoms with van der Waals surface area (Å²) in [5.41, 5.74) is -0.940. The fourth-order valence-corrected chi connectivity index (χ4v) is 16.5. The third-order valence-electron chi connectivity index (χ3n) is 11.3. The number of aromatic amines is 1. The third kappa shape index (κ3) is 4.33. The number of carbonyl (C=O) groups excluding carboxylic acids is 2. The van der Waals surface area contributed by atoms with Gasteiger partial charge in [0.1, 0.15) is 6.17 Å². The molecule has 0 radical (unpaired) electrons. The molecular weight excluding hydrogens is 657 g/mol. The number of rotatable bonds is 8. The van der Waals surface area contributed by atoms with Crippen molar-refractivity contribution in [2.75, 3.05) is 11.4 Å². The van der Waals surface area contributed by atoms with Crippen LogP contribution >= 0.6 is 0 Å². The average Bonchev–Trinajstić information content (AvgIpc) is 3.70. The highest BCUT2D eigenvalue weighted by Crippen LogP contribution is 2.63. The van der Waals surface area contributed by atoms with Gasteiger partial charge in [-0.15, -0.1) is 0 Å². The van der Waals surface area contributed by atoms with Gasteiger partial charge >= 0.3 is 0 Å². The second-order valence-electron chi connectivity index (χ2n) is 14.6. The number of piperazine rings is 1. The summed E-state index contributed by atoms with van der Waals surface area (Å²) in [6.45, 7) is 12.6. The number of nitrogens with one attached hydrogen (secondary N) is 1. The van der Waals surface area contributed by atoms with Crippen LogP contribution in [0.3, 0.4) is 0 Å². The summed E-state index contributed by atoms with van der Waals surface area (Å²) in [6.07, 6.45) is -1.12. The molecular formula is C37H44N4O6SSi. The van der Waals surface area contributed by atoms with Crippen LogP contribution in [0.4, 0.5) is 5.69 Å². The number of H-pyrrole nitrogens is 1.